The lowest BCUT2D eigenvalue weighted by molar-refractivity contribution is 0.131. The highest BCUT2D eigenvalue weighted by atomic mass is 127. The number of rotatable bonds is 5. The minimum atomic E-state index is 0. The summed E-state index contributed by atoms with van der Waals surface area (Å²) >= 11 is 0. The van der Waals surface area contributed by atoms with Gasteiger partial charge in [0.15, 0.2) is 5.96 Å². The topological polar surface area (TPSA) is 39.7 Å². The maximum Gasteiger partial charge on any atom is 0.191 e. The van der Waals surface area contributed by atoms with E-state index in [9.17, 15) is 0 Å². The maximum absolute atomic E-state index is 4.34. The van der Waals surface area contributed by atoms with Gasteiger partial charge in [-0.25, -0.2) is 0 Å². The Bertz CT molecular complexity index is 309. The van der Waals surface area contributed by atoms with Crippen LogP contribution >= 0.6 is 24.0 Å². The number of guanidine groups is 1. The smallest absolute Gasteiger partial charge is 0.191 e. The molecule has 4 nitrogen and oxygen atoms in total. The molecule has 0 amide bonds. The Morgan fingerprint density at radius 1 is 1.35 bits per heavy atom. The summed E-state index contributed by atoms with van der Waals surface area (Å²) in [6.07, 6.45) is 6.74. The first-order valence-electron chi connectivity index (χ1n) is 7.80. The van der Waals surface area contributed by atoms with Gasteiger partial charge in [0.2, 0.25) is 0 Å². The van der Waals surface area contributed by atoms with Gasteiger partial charge >= 0.3 is 0 Å². The van der Waals surface area contributed by atoms with Crippen molar-refractivity contribution in [1.29, 1.82) is 0 Å². The number of nitrogens with one attached hydrogen (secondary N) is 2. The van der Waals surface area contributed by atoms with Crippen LogP contribution in [0, 0.1) is 11.3 Å². The van der Waals surface area contributed by atoms with E-state index in [4.69, 9.17) is 0 Å². The molecule has 0 aromatic heterocycles. The molecular formula is C15H31IN4. The van der Waals surface area contributed by atoms with Gasteiger partial charge in [0.05, 0.1) is 0 Å². The molecule has 0 bridgehead atoms. The SMILES string of the molecule is CCC1(CNC(=NC)NCC2CCN(C)C2)CCC1.I. The van der Waals surface area contributed by atoms with Crippen LogP contribution in [0.4, 0.5) is 0 Å². The molecule has 1 heterocycles. The first-order valence-corrected chi connectivity index (χ1v) is 7.80. The van der Waals surface area contributed by atoms with Crippen LogP contribution < -0.4 is 10.6 Å². The van der Waals surface area contributed by atoms with Crippen LogP contribution in [0.5, 0.6) is 0 Å². The molecule has 1 aliphatic heterocycles. The lowest BCUT2D eigenvalue weighted by atomic mass is 9.67. The second-order valence-electron chi connectivity index (χ2n) is 6.43. The molecule has 1 aliphatic carbocycles. The van der Waals surface area contributed by atoms with Gasteiger partial charge in [0.25, 0.3) is 0 Å². The van der Waals surface area contributed by atoms with Crippen molar-refractivity contribution < 1.29 is 0 Å². The van der Waals surface area contributed by atoms with Gasteiger partial charge in [-0.1, -0.05) is 13.3 Å². The number of hydrogen-bond acceptors (Lipinski definition) is 2. The van der Waals surface area contributed by atoms with Gasteiger partial charge in [-0.3, -0.25) is 4.99 Å². The first-order chi connectivity index (χ1) is 9.17. The fourth-order valence-electron chi connectivity index (χ4n) is 3.26. The molecule has 0 spiro atoms. The normalized spacial score (nSPS) is 25.8. The van der Waals surface area contributed by atoms with Crippen LogP contribution in [0.15, 0.2) is 4.99 Å². The lowest BCUT2D eigenvalue weighted by Gasteiger charge is -2.41. The highest BCUT2D eigenvalue weighted by Gasteiger charge is 2.34. The van der Waals surface area contributed by atoms with E-state index < -0.39 is 0 Å². The Balaban J connectivity index is 0.00000200. The van der Waals surface area contributed by atoms with Crippen molar-refractivity contribution >= 4 is 29.9 Å². The summed E-state index contributed by atoms with van der Waals surface area (Å²) in [6.45, 7) is 6.88. The number of aliphatic imine (C=N–C) groups is 1. The molecular weight excluding hydrogens is 363 g/mol. The average Bonchev–Trinajstić information content (AvgIpc) is 2.78. The molecule has 1 unspecified atom stereocenters. The summed E-state index contributed by atoms with van der Waals surface area (Å²) in [6, 6.07) is 0. The minimum absolute atomic E-state index is 0. The zero-order valence-electron chi connectivity index (χ0n) is 13.2. The molecule has 2 rings (SSSR count). The van der Waals surface area contributed by atoms with Crippen molar-refractivity contribution in [2.24, 2.45) is 16.3 Å². The van der Waals surface area contributed by atoms with Crippen LogP contribution in [-0.2, 0) is 0 Å². The van der Waals surface area contributed by atoms with Crippen molar-refractivity contribution in [2.75, 3.05) is 40.3 Å². The minimum Gasteiger partial charge on any atom is -0.356 e. The molecule has 2 N–H and O–H groups in total. The lowest BCUT2D eigenvalue weighted by Crippen LogP contribution is -2.47. The largest absolute Gasteiger partial charge is 0.356 e. The van der Waals surface area contributed by atoms with Gasteiger partial charge < -0.3 is 15.5 Å². The number of likely N-dealkylation sites (tertiary alicyclic amines) is 1. The molecule has 1 atom stereocenters. The Labute approximate surface area is 141 Å². The van der Waals surface area contributed by atoms with Crippen LogP contribution in [-0.4, -0.2) is 51.1 Å². The van der Waals surface area contributed by atoms with Gasteiger partial charge in [-0.15, -0.1) is 24.0 Å². The Morgan fingerprint density at radius 2 is 2.10 bits per heavy atom. The quantitative estimate of drug-likeness (QED) is 0.427. The fourth-order valence-corrected chi connectivity index (χ4v) is 3.26. The third-order valence-electron chi connectivity index (χ3n) is 5.07. The molecule has 2 fully saturated rings. The van der Waals surface area contributed by atoms with Crippen molar-refractivity contribution in [2.45, 2.75) is 39.0 Å². The first kappa shape index (κ1) is 18.0. The number of halogens is 1. The Hall–Kier alpha value is -0.0400. The average molecular weight is 394 g/mol. The zero-order chi connectivity index (χ0) is 13.7. The summed E-state index contributed by atoms with van der Waals surface area (Å²) in [7, 11) is 4.07. The standard InChI is InChI=1S/C15H30N4.HI/c1-4-15(7-5-8-15)12-18-14(16-2)17-10-13-6-9-19(3)11-13;/h13H,4-12H2,1-3H3,(H2,16,17,18);1H. The van der Waals surface area contributed by atoms with Crippen LogP contribution in [0.2, 0.25) is 0 Å². The fraction of sp³-hybridized carbons (Fsp3) is 0.933. The van der Waals surface area contributed by atoms with E-state index in [1.54, 1.807) is 0 Å². The summed E-state index contributed by atoms with van der Waals surface area (Å²) in [4.78, 5) is 6.75. The molecule has 2 aliphatic rings. The monoisotopic (exact) mass is 394 g/mol. The third kappa shape index (κ3) is 4.76. The van der Waals surface area contributed by atoms with Gasteiger partial charge in [0.1, 0.15) is 0 Å². The van der Waals surface area contributed by atoms with Gasteiger partial charge in [-0.05, 0) is 50.6 Å². The van der Waals surface area contributed by atoms with E-state index in [0.29, 0.717) is 5.41 Å². The van der Waals surface area contributed by atoms with Crippen LogP contribution in [0.25, 0.3) is 0 Å². The summed E-state index contributed by atoms with van der Waals surface area (Å²) < 4.78 is 0. The van der Waals surface area contributed by atoms with E-state index in [0.717, 1.165) is 25.0 Å². The molecule has 1 saturated heterocycles. The second kappa shape index (κ2) is 8.41. The summed E-state index contributed by atoms with van der Waals surface area (Å²) in [5, 5.41) is 7.01. The van der Waals surface area contributed by atoms with E-state index in [-0.39, 0.29) is 24.0 Å². The van der Waals surface area contributed by atoms with E-state index >= 15 is 0 Å². The van der Waals surface area contributed by atoms with E-state index in [1.807, 2.05) is 7.05 Å². The Kier molecular flexibility index (Phi) is 7.58. The molecule has 1 saturated carbocycles. The van der Waals surface area contributed by atoms with Crippen LogP contribution in [0.1, 0.15) is 39.0 Å². The third-order valence-corrected chi connectivity index (χ3v) is 5.07. The summed E-state index contributed by atoms with van der Waals surface area (Å²) in [5.74, 6) is 1.75. The molecule has 118 valence electrons. The van der Waals surface area contributed by atoms with Gasteiger partial charge in [0, 0.05) is 26.7 Å². The van der Waals surface area contributed by atoms with Crippen molar-refractivity contribution in [3.05, 3.63) is 0 Å². The highest BCUT2D eigenvalue weighted by molar-refractivity contribution is 14.0. The molecule has 0 aromatic carbocycles. The van der Waals surface area contributed by atoms with E-state index in [2.05, 4.69) is 34.5 Å². The van der Waals surface area contributed by atoms with Crippen molar-refractivity contribution in [3.63, 3.8) is 0 Å². The predicted molar refractivity (Wildman–Crippen MR) is 97.0 cm³/mol. The predicted octanol–water partition coefficient (Wildman–Crippen LogP) is 2.30. The molecule has 20 heavy (non-hydrogen) atoms. The molecule has 0 aromatic rings. The molecule has 0 radical (unpaired) electrons. The van der Waals surface area contributed by atoms with Crippen molar-refractivity contribution in [1.82, 2.24) is 15.5 Å². The van der Waals surface area contributed by atoms with Crippen molar-refractivity contribution in [3.8, 4) is 0 Å². The summed E-state index contributed by atoms with van der Waals surface area (Å²) in [5.41, 5.74) is 0.547. The Morgan fingerprint density at radius 3 is 2.55 bits per heavy atom. The maximum atomic E-state index is 4.34. The highest BCUT2D eigenvalue weighted by Crippen LogP contribution is 2.42. The molecule has 5 heteroatoms. The second-order valence-corrected chi connectivity index (χ2v) is 6.43. The van der Waals surface area contributed by atoms with Gasteiger partial charge in [-0.2, -0.15) is 0 Å². The zero-order valence-corrected chi connectivity index (χ0v) is 15.6. The number of hydrogen-bond donors (Lipinski definition) is 2. The van der Waals surface area contributed by atoms with E-state index in [1.165, 1.54) is 45.2 Å². The van der Waals surface area contributed by atoms with Crippen LogP contribution in [0.3, 0.4) is 0 Å². The number of nitrogens with zero attached hydrogens (tertiary/aromatic N) is 2.